The summed E-state index contributed by atoms with van der Waals surface area (Å²) in [5.41, 5.74) is 1.01. The zero-order valence-electron chi connectivity index (χ0n) is 23.7. The smallest absolute Gasteiger partial charge is 0.550 e. The third-order valence-electron chi connectivity index (χ3n) is 8.67. The first-order chi connectivity index (χ1) is 18.6. The molecule has 3 heterocycles. The number of rotatable bonds is 10. The van der Waals surface area contributed by atoms with Gasteiger partial charge in [0, 0.05) is 31.3 Å². The summed E-state index contributed by atoms with van der Waals surface area (Å²) in [6.45, 7) is 10.5. The highest BCUT2D eigenvalue weighted by atomic mass is 16.7. The molecule has 210 valence electrons. The average Bonchev–Trinajstić information content (AvgIpc) is 3.28. The predicted molar refractivity (Wildman–Crippen MR) is 147 cm³/mol. The number of hydrogen-bond donors (Lipinski definition) is 2. The van der Waals surface area contributed by atoms with Crippen molar-refractivity contribution in [2.24, 2.45) is 5.92 Å². The number of carbonyl (C=O) groups excluding carboxylic acids is 3. The van der Waals surface area contributed by atoms with Crippen LogP contribution in [0.4, 0.5) is 0 Å². The van der Waals surface area contributed by atoms with Crippen LogP contribution >= 0.6 is 0 Å². The predicted octanol–water partition coefficient (Wildman–Crippen LogP) is 2.42. The summed E-state index contributed by atoms with van der Waals surface area (Å²) in [6.07, 6.45) is 4.92. The Morgan fingerprint density at radius 1 is 1.10 bits per heavy atom. The van der Waals surface area contributed by atoms with E-state index < -0.39 is 30.6 Å². The van der Waals surface area contributed by atoms with Crippen LogP contribution in [0.25, 0.3) is 0 Å². The van der Waals surface area contributed by atoms with Gasteiger partial charge in [-0.1, -0.05) is 50.6 Å². The number of quaternary nitrogens is 1. The minimum atomic E-state index is -2.27. The fourth-order valence-corrected chi connectivity index (χ4v) is 6.67. The van der Waals surface area contributed by atoms with Gasteiger partial charge in [-0.3, -0.25) is 14.6 Å². The SMILES string of the molecule is CC[N+]12[C@H](C)C(=O)O[B-]1([C@H](CC(C)C)NC(=O)[C@H](Cc1ccccc1)NC(=O)c1cnccn1)O[C@@H](C)[C@H]2C. The minimum Gasteiger partial charge on any atom is -0.609 e. The normalized spacial score (nSPS) is 29.4. The molecule has 39 heavy (non-hydrogen) atoms. The summed E-state index contributed by atoms with van der Waals surface area (Å²) >= 11 is 0. The Hall–Kier alpha value is -3.31. The van der Waals surface area contributed by atoms with E-state index in [-0.39, 0.29) is 42.1 Å². The van der Waals surface area contributed by atoms with E-state index in [2.05, 4.69) is 41.4 Å². The summed E-state index contributed by atoms with van der Waals surface area (Å²) in [6, 6.07) is 8.17. The molecule has 0 saturated carbocycles. The molecule has 1 aromatic heterocycles. The zero-order valence-corrected chi connectivity index (χ0v) is 23.7. The highest BCUT2D eigenvalue weighted by molar-refractivity contribution is 6.65. The number of nitrogens with one attached hydrogen (secondary N) is 2. The van der Waals surface area contributed by atoms with Crippen LogP contribution in [-0.4, -0.2) is 75.5 Å². The molecule has 2 fully saturated rings. The van der Waals surface area contributed by atoms with E-state index >= 15 is 0 Å². The third-order valence-corrected chi connectivity index (χ3v) is 8.67. The highest BCUT2D eigenvalue weighted by Crippen LogP contribution is 2.48. The second-order valence-corrected chi connectivity index (χ2v) is 11.3. The summed E-state index contributed by atoms with van der Waals surface area (Å²) < 4.78 is 13.1. The number of likely N-dealkylation sites (N-methyl/N-ethyl adjacent to an activating group) is 1. The molecule has 4 rings (SSSR count). The van der Waals surface area contributed by atoms with E-state index in [9.17, 15) is 14.4 Å². The Kier molecular flexibility index (Phi) is 8.41. The van der Waals surface area contributed by atoms with Crippen LogP contribution in [-0.2, 0) is 25.3 Å². The van der Waals surface area contributed by atoms with E-state index in [1.807, 2.05) is 51.1 Å². The molecule has 10 nitrogen and oxygen atoms in total. The van der Waals surface area contributed by atoms with E-state index in [1.54, 1.807) is 0 Å². The monoisotopic (exact) mass is 537 g/mol. The van der Waals surface area contributed by atoms with Gasteiger partial charge < -0.3 is 24.3 Å². The highest BCUT2D eigenvalue weighted by Gasteiger charge is 2.73. The Morgan fingerprint density at radius 2 is 1.82 bits per heavy atom. The topological polar surface area (TPSA) is 120 Å². The molecule has 0 bridgehead atoms. The van der Waals surface area contributed by atoms with Gasteiger partial charge in [0.15, 0.2) is 0 Å². The van der Waals surface area contributed by atoms with Crippen LogP contribution in [0.3, 0.4) is 0 Å². The second kappa shape index (κ2) is 11.4. The van der Waals surface area contributed by atoms with Crippen molar-refractivity contribution in [3.8, 4) is 0 Å². The van der Waals surface area contributed by atoms with Gasteiger partial charge in [-0.15, -0.1) is 0 Å². The molecule has 2 unspecified atom stereocenters. The maximum absolute atomic E-state index is 14.0. The maximum Gasteiger partial charge on any atom is 0.550 e. The van der Waals surface area contributed by atoms with Gasteiger partial charge in [-0.25, -0.2) is 9.78 Å². The first-order valence-corrected chi connectivity index (χ1v) is 13.9. The van der Waals surface area contributed by atoms with Crippen molar-refractivity contribution in [1.29, 1.82) is 0 Å². The molecule has 0 spiro atoms. The van der Waals surface area contributed by atoms with E-state index in [1.165, 1.54) is 18.6 Å². The largest absolute Gasteiger partial charge is 0.609 e. The van der Waals surface area contributed by atoms with Crippen molar-refractivity contribution < 1.29 is 28.1 Å². The molecular weight excluding hydrogens is 497 g/mol. The van der Waals surface area contributed by atoms with E-state index in [4.69, 9.17) is 9.31 Å². The van der Waals surface area contributed by atoms with Gasteiger partial charge in [-0.2, -0.15) is 0 Å². The Morgan fingerprint density at radius 3 is 2.44 bits per heavy atom. The number of aromatic nitrogens is 2. The molecule has 2 aliphatic heterocycles. The molecule has 0 aliphatic carbocycles. The third kappa shape index (κ3) is 5.17. The van der Waals surface area contributed by atoms with E-state index in [0.29, 0.717) is 17.4 Å². The molecule has 1 aromatic carbocycles. The molecule has 2 N–H and O–H groups in total. The van der Waals surface area contributed by atoms with Crippen LogP contribution in [0, 0.1) is 5.92 Å². The maximum atomic E-state index is 14.0. The van der Waals surface area contributed by atoms with Gasteiger partial charge in [-0.05, 0) is 39.2 Å². The second-order valence-electron chi connectivity index (χ2n) is 11.3. The lowest BCUT2D eigenvalue weighted by molar-refractivity contribution is -0.864. The minimum absolute atomic E-state index is 0.000474. The number of hydrogen-bond acceptors (Lipinski definition) is 7. The molecule has 2 aliphatic rings. The van der Waals surface area contributed by atoms with Crippen molar-refractivity contribution >= 4 is 24.5 Å². The van der Waals surface area contributed by atoms with Gasteiger partial charge in [0.1, 0.15) is 17.8 Å². The van der Waals surface area contributed by atoms with Crippen molar-refractivity contribution in [2.75, 3.05) is 6.54 Å². The van der Waals surface area contributed by atoms with Crippen LogP contribution in [0.15, 0.2) is 48.9 Å². The first-order valence-electron chi connectivity index (χ1n) is 13.9. The van der Waals surface area contributed by atoms with Crippen LogP contribution in [0.5, 0.6) is 0 Å². The number of carbonyl (C=O) groups is 3. The first kappa shape index (κ1) is 28.7. The summed E-state index contributed by atoms with van der Waals surface area (Å²) in [5, 5.41) is 6.04. The standard InChI is InChI=1S/C28H40BN5O5/c1-7-34-19(4)21(6)38-29(34,39-28(37)20(34)5)25(15-18(2)3)33-26(35)23(16-22-11-9-8-10-12-22)32-27(36)24-17-30-13-14-31-24/h8-14,17-21,23,25H,7,15-16H2,1-6H3,(H,32,36)(H,33,35)/t19-,20-,21+,23+,25+,29?,34?/m1/s1. The van der Waals surface area contributed by atoms with Crippen LogP contribution in [0.2, 0.25) is 0 Å². The Labute approximate surface area is 230 Å². The molecule has 2 aromatic rings. The Balaban J connectivity index is 1.68. The van der Waals surface area contributed by atoms with Crippen molar-refractivity contribution in [3.05, 3.63) is 60.2 Å². The lowest BCUT2D eigenvalue weighted by Gasteiger charge is -2.53. The molecule has 11 heteroatoms. The summed E-state index contributed by atoms with van der Waals surface area (Å²) in [7, 11) is 0. The fraction of sp³-hybridized carbons (Fsp3) is 0.536. The van der Waals surface area contributed by atoms with Crippen molar-refractivity contribution in [1.82, 2.24) is 20.6 Å². The molecule has 2 saturated heterocycles. The number of fused-ring (bicyclic) bond motifs is 1. The van der Waals surface area contributed by atoms with Crippen molar-refractivity contribution in [3.63, 3.8) is 0 Å². The average molecular weight is 537 g/mol. The summed E-state index contributed by atoms with van der Waals surface area (Å²) in [4.78, 5) is 48.2. The molecule has 0 radical (unpaired) electrons. The van der Waals surface area contributed by atoms with Gasteiger partial charge in [0.05, 0.1) is 18.3 Å². The van der Waals surface area contributed by atoms with Gasteiger partial charge in [0.2, 0.25) is 5.91 Å². The molecule has 2 amide bonds. The van der Waals surface area contributed by atoms with Crippen LogP contribution in [0.1, 0.15) is 64.0 Å². The number of nitrogens with zero attached hydrogens (tertiary/aromatic N) is 3. The number of amides is 2. The van der Waals surface area contributed by atoms with Crippen LogP contribution < -0.4 is 10.6 Å². The van der Waals surface area contributed by atoms with Gasteiger partial charge in [0.25, 0.3) is 5.91 Å². The molecular formula is C28H40BN5O5. The van der Waals surface area contributed by atoms with E-state index in [0.717, 1.165) is 5.56 Å². The lowest BCUT2D eigenvalue weighted by atomic mass is 9.56. The zero-order chi connectivity index (χ0) is 28.4. The summed E-state index contributed by atoms with van der Waals surface area (Å²) in [5.74, 6) is -1.59. The van der Waals surface area contributed by atoms with Crippen molar-refractivity contribution in [2.45, 2.75) is 84.6 Å². The van der Waals surface area contributed by atoms with Gasteiger partial charge >= 0.3 is 12.7 Å². The lowest BCUT2D eigenvalue weighted by Crippen LogP contribution is -2.76. The Bertz CT molecular complexity index is 1190. The quantitative estimate of drug-likeness (QED) is 0.447. The number of benzene rings is 1. The molecule has 7 atom stereocenters. The fourth-order valence-electron chi connectivity index (χ4n) is 6.67.